The smallest absolute Gasteiger partial charge is 0.337 e. The highest BCUT2D eigenvalue weighted by Gasteiger charge is 2.24. The van der Waals surface area contributed by atoms with Crippen LogP contribution >= 0.6 is 0 Å². The minimum absolute atomic E-state index is 0.285. The second-order valence-corrected chi connectivity index (χ2v) is 4.37. The summed E-state index contributed by atoms with van der Waals surface area (Å²) in [5.74, 6) is 5.60. The summed E-state index contributed by atoms with van der Waals surface area (Å²) >= 11 is 0. The van der Waals surface area contributed by atoms with Crippen LogP contribution in [0.4, 0.5) is 14.4 Å². The average molecular weight is 317 g/mol. The van der Waals surface area contributed by atoms with E-state index in [1.165, 1.54) is 4.90 Å². The van der Waals surface area contributed by atoms with Crippen LogP contribution < -0.4 is 22.0 Å². The molecule has 0 saturated carbocycles. The first kappa shape index (κ1) is 19.8. The molecule has 22 heavy (non-hydrogen) atoms. The molecule has 128 valence electrons. The molecule has 10 nitrogen and oxygen atoms in total. The molecule has 0 fully saturated rings. The molecule has 0 aromatic heterocycles. The van der Waals surface area contributed by atoms with E-state index in [1.807, 2.05) is 6.92 Å². The number of hydrazine groups is 3. The number of amides is 6. The lowest BCUT2D eigenvalue weighted by molar-refractivity contribution is 0.0995. The second-order valence-electron chi connectivity index (χ2n) is 4.37. The summed E-state index contributed by atoms with van der Waals surface area (Å²) in [5, 5.41) is 4.06. The quantitative estimate of drug-likeness (QED) is 0.328. The highest BCUT2D eigenvalue weighted by atomic mass is 16.2. The van der Waals surface area contributed by atoms with Gasteiger partial charge in [-0.25, -0.2) is 31.1 Å². The van der Waals surface area contributed by atoms with Crippen molar-refractivity contribution in [3.8, 4) is 0 Å². The summed E-state index contributed by atoms with van der Waals surface area (Å²) in [6.45, 7) is 8.78. The van der Waals surface area contributed by atoms with Crippen LogP contribution in [0, 0.1) is 0 Å². The number of hydrogen-bond acceptors (Lipinski definition) is 4. The van der Waals surface area contributed by atoms with Crippen molar-refractivity contribution in [3.63, 3.8) is 0 Å². The lowest BCUT2D eigenvalue weighted by Crippen LogP contribution is -2.64. The summed E-state index contributed by atoms with van der Waals surface area (Å²) in [6.07, 6.45) is 0.640. The number of hydrogen-bond donors (Lipinski definition) is 4. The number of nitrogens with two attached hydrogens (primary N) is 1. The number of nitrogens with one attached hydrogen (secondary N) is 3. The van der Waals surface area contributed by atoms with E-state index in [2.05, 4.69) is 16.2 Å². The zero-order valence-corrected chi connectivity index (χ0v) is 13.7. The van der Waals surface area contributed by atoms with E-state index in [9.17, 15) is 14.4 Å². The Kier molecular flexibility index (Phi) is 9.43. The van der Waals surface area contributed by atoms with Crippen molar-refractivity contribution in [2.45, 2.75) is 34.1 Å². The third-order valence-corrected chi connectivity index (χ3v) is 2.71. The van der Waals surface area contributed by atoms with Gasteiger partial charge in [-0.2, -0.15) is 0 Å². The predicted octanol–water partition coefficient (Wildman–Crippen LogP) is 0.195. The van der Waals surface area contributed by atoms with E-state index in [4.69, 9.17) is 5.84 Å². The fourth-order valence-electron chi connectivity index (χ4n) is 1.57. The largest absolute Gasteiger partial charge is 0.372 e. The Labute approximate surface area is 130 Å². The SMILES string of the molecule is CCCN(N)C(=O)N(NC(=O)NCC)NC(=O)N(CC)CC. The van der Waals surface area contributed by atoms with Gasteiger partial charge in [-0.05, 0) is 27.2 Å². The van der Waals surface area contributed by atoms with E-state index < -0.39 is 18.1 Å². The fourth-order valence-corrected chi connectivity index (χ4v) is 1.57. The summed E-state index contributed by atoms with van der Waals surface area (Å²) in [7, 11) is 0. The minimum Gasteiger partial charge on any atom is -0.337 e. The van der Waals surface area contributed by atoms with Gasteiger partial charge in [-0.15, -0.1) is 5.12 Å². The summed E-state index contributed by atoms with van der Waals surface area (Å²) in [4.78, 5) is 37.2. The molecule has 0 aromatic carbocycles. The minimum atomic E-state index is -0.742. The normalized spacial score (nSPS) is 9.68. The predicted molar refractivity (Wildman–Crippen MR) is 82.1 cm³/mol. The fraction of sp³-hybridized carbons (Fsp3) is 0.750. The number of rotatable bonds is 5. The Hall–Kier alpha value is -2.23. The molecule has 5 N–H and O–H groups in total. The van der Waals surface area contributed by atoms with Crippen molar-refractivity contribution >= 4 is 18.1 Å². The topological polar surface area (TPSA) is 123 Å². The lowest BCUT2D eigenvalue weighted by atomic mass is 10.5. The Balaban J connectivity index is 4.95. The highest BCUT2D eigenvalue weighted by Crippen LogP contribution is 1.94. The van der Waals surface area contributed by atoms with Crippen LogP contribution in [0.2, 0.25) is 0 Å². The van der Waals surface area contributed by atoms with E-state index in [0.717, 1.165) is 5.01 Å². The molecule has 10 heteroatoms. The average Bonchev–Trinajstić information content (AvgIpc) is 2.47. The van der Waals surface area contributed by atoms with Gasteiger partial charge in [0.1, 0.15) is 0 Å². The monoisotopic (exact) mass is 317 g/mol. The van der Waals surface area contributed by atoms with Gasteiger partial charge >= 0.3 is 18.1 Å². The van der Waals surface area contributed by atoms with Gasteiger partial charge in [0.05, 0.1) is 0 Å². The van der Waals surface area contributed by atoms with Crippen LogP contribution in [0.15, 0.2) is 0 Å². The lowest BCUT2D eigenvalue weighted by Gasteiger charge is -2.29. The van der Waals surface area contributed by atoms with Crippen molar-refractivity contribution < 1.29 is 14.4 Å². The van der Waals surface area contributed by atoms with Crippen LogP contribution in [0.25, 0.3) is 0 Å². The molecular formula is C12H27N7O3. The van der Waals surface area contributed by atoms with E-state index in [0.29, 0.717) is 31.2 Å². The Bertz CT molecular complexity index is 374. The molecular weight excluding hydrogens is 290 g/mol. The summed E-state index contributed by atoms with van der Waals surface area (Å²) in [6, 6.07) is -1.88. The number of nitrogens with zero attached hydrogens (tertiary/aromatic N) is 3. The van der Waals surface area contributed by atoms with Crippen LogP contribution in [0.1, 0.15) is 34.1 Å². The van der Waals surface area contributed by atoms with Gasteiger partial charge in [-0.1, -0.05) is 6.92 Å². The van der Waals surface area contributed by atoms with Crippen molar-refractivity contribution in [1.29, 1.82) is 0 Å². The third-order valence-electron chi connectivity index (χ3n) is 2.71. The van der Waals surface area contributed by atoms with Crippen molar-refractivity contribution in [2.75, 3.05) is 26.2 Å². The maximum Gasteiger partial charge on any atom is 0.372 e. The van der Waals surface area contributed by atoms with Crippen molar-refractivity contribution in [3.05, 3.63) is 0 Å². The Morgan fingerprint density at radius 1 is 1.00 bits per heavy atom. The maximum absolute atomic E-state index is 12.2. The molecule has 0 heterocycles. The number of carbonyl (C=O) groups is 3. The van der Waals surface area contributed by atoms with Crippen LogP contribution in [-0.2, 0) is 0 Å². The first-order valence-corrected chi connectivity index (χ1v) is 7.37. The molecule has 0 unspecified atom stereocenters. The van der Waals surface area contributed by atoms with Crippen LogP contribution in [-0.4, -0.2) is 59.3 Å². The van der Waals surface area contributed by atoms with Gasteiger partial charge in [0.2, 0.25) is 0 Å². The molecule has 0 atom stereocenters. The molecule has 0 aromatic rings. The van der Waals surface area contributed by atoms with Crippen LogP contribution in [0.5, 0.6) is 0 Å². The standard InChI is InChI=1S/C12H27N7O3/c1-5-9-18(13)12(22)19(15-10(20)14-6-2)16-11(21)17(7-3)8-4/h5-9,13H2,1-4H3,(H,16,21)(H2,14,15,20). The van der Waals surface area contributed by atoms with Gasteiger partial charge in [0.15, 0.2) is 0 Å². The number of urea groups is 3. The van der Waals surface area contributed by atoms with Gasteiger partial charge in [0.25, 0.3) is 0 Å². The molecule has 6 amide bonds. The Morgan fingerprint density at radius 3 is 2.05 bits per heavy atom. The molecule has 0 aliphatic heterocycles. The summed E-state index contributed by atoms with van der Waals surface area (Å²) in [5.41, 5.74) is 4.57. The zero-order chi connectivity index (χ0) is 17.1. The summed E-state index contributed by atoms with van der Waals surface area (Å²) < 4.78 is 0. The van der Waals surface area contributed by atoms with Crippen molar-refractivity contribution in [2.24, 2.45) is 5.84 Å². The van der Waals surface area contributed by atoms with Gasteiger partial charge < -0.3 is 10.2 Å². The van der Waals surface area contributed by atoms with Crippen LogP contribution in [0.3, 0.4) is 0 Å². The first-order valence-electron chi connectivity index (χ1n) is 7.37. The zero-order valence-electron chi connectivity index (χ0n) is 13.7. The molecule has 0 spiro atoms. The van der Waals surface area contributed by atoms with Gasteiger partial charge in [-0.3, -0.25) is 5.01 Å². The molecule has 0 aliphatic rings. The molecule has 0 bridgehead atoms. The molecule has 0 saturated heterocycles. The maximum atomic E-state index is 12.2. The van der Waals surface area contributed by atoms with Crippen molar-refractivity contribution in [1.82, 2.24) is 31.2 Å². The van der Waals surface area contributed by atoms with E-state index in [1.54, 1.807) is 20.8 Å². The molecule has 0 aliphatic carbocycles. The van der Waals surface area contributed by atoms with E-state index in [-0.39, 0.29) is 6.54 Å². The number of carbonyl (C=O) groups excluding carboxylic acids is 3. The Morgan fingerprint density at radius 2 is 1.59 bits per heavy atom. The highest BCUT2D eigenvalue weighted by molar-refractivity contribution is 5.83. The second kappa shape index (κ2) is 10.5. The van der Waals surface area contributed by atoms with E-state index >= 15 is 0 Å². The molecule has 0 radical (unpaired) electrons. The van der Waals surface area contributed by atoms with Gasteiger partial charge in [0, 0.05) is 26.2 Å². The third kappa shape index (κ3) is 6.48. The molecule has 0 rings (SSSR count). The first-order chi connectivity index (χ1) is 10.4.